The number of methoxy groups -OCH3 is 2. The SMILES string of the molecule is COC(CNC(=O)CCC(=O)OCC(=O)[C@@]1(O)CC[C@H]2[C@@H]3CCC4=CC(=O)C=C[C@]4(C)[C@H]3[C@@H](O)C[C@@]21C)OC. The van der Waals surface area contributed by atoms with Crippen molar-refractivity contribution in [2.75, 3.05) is 27.4 Å². The number of nitrogens with one attached hydrogen (secondary N) is 1. The molecule has 216 valence electrons. The molecule has 10 heteroatoms. The normalized spacial score (nSPS) is 37.0. The maximum atomic E-state index is 13.3. The number of carbonyl (C=O) groups excluding carboxylic acids is 4. The molecule has 0 heterocycles. The summed E-state index contributed by atoms with van der Waals surface area (Å²) in [5.41, 5.74) is -1.99. The molecule has 1 amide bonds. The highest BCUT2D eigenvalue weighted by Crippen LogP contribution is 2.67. The largest absolute Gasteiger partial charge is 0.458 e. The highest BCUT2D eigenvalue weighted by atomic mass is 16.7. The molecule has 39 heavy (non-hydrogen) atoms. The third-order valence-corrected chi connectivity index (χ3v) is 10.0. The molecule has 7 atom stereocenters. The van der Waals surface area contributed by atoms with Crippen LogP contribution >= 0.6 is 0 Å². The number of carbonyl (C=O) groups is 4. The van der Waals surface area contributed by atoms with Crippen LogP contribution in [0.4, 0.5) is 0 Å². The molecule has 0 aliphatic heterocycles. The van der Waals surface area contributed by atoms with Gasteiger partial charge in [-0.25, -0.2) is 0 Å². The molecule has 4 rings (SSSR count). The Morgan fingerprint density at radius 2 is 1.87 bits per heavy atom. The third-order valence-electron chi connectivity index (χ3n) is 10.0. The van der Waals surface area contributed by atoms with Crippen LogP contribution in [0.25, 0.3) is 0 Å². The number of fused-ring (bicyclic) bond motifs is 5. The van der Waals surface area contributed by atoms with E-state index in [2.05, 4.69) is 12.2 Å². The Morgan fingerprint density at radius 1 is 1.15 bits per heavy atom. The summed E-state index contributed by atoms with van der Waals surface area (Å²) in [5.74, 6) is -1.72. The molecule has 4 aliphatic carbocycles. The number of rotatable bonds is 10. The van der Waals surface area contributed by atoms with E-state index in [9.17, 15) is 29.4 Å². The predicted octanol–water partition coefficient (Wildman–Crippen LogP) is 1.62. The van der Waals surface area contributed by atoms with E-state index in [-0.39, 0.29) is 61.7 Å². The molecule has 0 aromatic heterocycles. The first-order chi connectivity index (χ1) is 18.4. The molecule has 0 aromatic rings. The lowest BCUT2D eigenvalue weighted by molar-refractivity contribution is -0.181. The Labute approximate surface area is 229 Å². The number of ketones is 2. The monoisotopic (exact) mass is 547 g/mol. The molecule has 0 bridgehead atoms. The van der Waals surface area contributed by atoms with Crippen molar-refractivity contribution in [3.63, 3.8) is 0 Å². The number of hydrogen-bond acceptors (Lipinski definition) is 9. The quantitative estimate of drug-likeness (QED) is 0.274. The lowest BCUT2D eigenvalue weighted by Gasteiger charge is -2.59. The van der Waals surface area contributed by atoms with Crippen molar-refractivity contribution in [1.29, 1.82) is 0 Å². The van der Waals surface area contributed by atoms with Crippen molar-refractivity contribution < 1.29 is 43.6 Å². The second-order valence-corrected chi connectivity index (χ2v) is 11.9. The van der Waals surface area contributed by atoms with Gasteiger partial charge in [-0.1, -0.05) is 25.5 Å². The van der Waals surface area contributed by atoms with Crippen LogP contribution in [0.5, 0.6) is 0 Å². The maximum absolute atomic E-state index is 13.3. The van der Waals surface area contributed by atoms with Crippen LogP contribution in [0.1, 0.15) is 58.8 Å². The van der Waals surface area contributed by atoms with Gasteiger partial charge in [-0.3, -0.25) is 19.2 Å². The number of esters is 1. The molecule has 10 nitrogen and oxygen atoms in total. The van der Waals surface area contributed by atoms with Crippen molar-refractivity contribution in [3.8, 4) is 0 Å². The molecule has 0 spiro atoms. The molecule has 0 radical (unpaired) electrons. The van der Waals surface area contributed by atoms with Crippen molar-refractivity contribution in [3.05, 3.63) is 23.8 Å². The van der Waals surface area contributed by atoms with Crippen LogP contribution in [0.3, 0.4) is 0 Å². The predicted molar refractivity (Wildman–Crippen MR) is 139 cm³/mol. The lowest BCUT2D eigenvalue weighted by Crippen LogP contribution is -2.61. The van der Waals surface area contributed by atoms with E-state index < -0.39 is 47.2 Å². The number of allylic oxidation sites excluding steroid dienone is 4. The van der Waals surface area contributed by atoms with Gasteiger partial charge in [-0.2, -0.15) is 0 Å². The maximum Gasteiger partial charge on any atom is 0.306 e. The van der Waals surface area contributed by atoms with Crippen molar-refractivity contribution in [1.82, 2.24) is 5.32 Å². The van der Waals surface area contributed by atoms with Gasteiger partial charge >= 0.3 is 5.97 Å². The minimum atomic E-state index is -1.73. The summed E-state index contributed by atoms with van der Waals surface area (Å²) >= 11 is 0. The third kappa shape index (κ3) is 5.24. The Bertz CT molecular complexity index is 1060. The average molecular weight is 548 g/mol. The number of aliphatic hydroxyl groups is 2. The van der Waals surface area contributed by atoms with E-state index in [1.165, 1.54) is 14.2 Å². The minimum Gasteiger partial charge on any atom is -0.458 e. The summed E-state index contributed by atoms with van der Waals surface area (Å²) in [6.45, 7) is 3.48. The zero-order chi connectivity index (χ0) is 28.6. The Balaban J connectivity index is 1.37. The van der Waals surface area contributed by atoms with Crippen LogP contribution in [0.2, 0.25) is 0 Å². The van der Waals surface area contributed by atoms with Crippen LogP contribution in [0, 0.1) is 28.6 Å². The second-order valence-electron chi connectivity index (χ2n) is 11.9. The van der Waals surface area contributed by atoms with Crippen molar-refractivity contribution in [2.45, 2.75) is 76.8 Å². The fourth-order valence-corrected chi connectivity index (χ4v) is 7.89. The molecule has 3 N–H and O–H groups in total. The van der Waals surface area contributed by atoms with E-state index in [1.807, 2.05) is 13.0 Å². The first kappa shape index (κ1) is 29.6. The highest BCUT2D eigenvalue weighted by molar-refractivity contribution is 6.01. The van der Waals surface area contributed by atoms with Crippen LogP contribution in [0.15, 0.2) is 23.8 Å². The van der Waals surface area contributed by atoms with E-state index in [4.69, 9.17) is 14.2 Å². The molecular weight excluding hydrogens is 506 g/mol. The number of aliphatic hydroxyl groups excluding tert-OH is 1. The van der Waals surface area contributed by atoms with Gasteiger partial charge in [-0.15, -0.1) is 0 Å². The van der Waals surface area contributed by atoms with Crippen molar-refractivity contribution in [2.24, 2.45) is 28.6 Å². The van der Waals surface area contributed by atoms with Crippen LogP contribution < -0.4 is 5.32 Å². The smallest absolute Gasteiger partial charge is 0.306 e. The minimum absolute atomic E-state index is 0.00618. The zero-order valence-corrected chi connectivity index (χ0v) is 23.2. The summed E-state index contributed by atoms with van der Waals surface area (Å²) in [4.78, 5) is 49.6. The number of amides is 1. The van der Waals surface area contributed by atoms with E-state index in [0.717, 1.165) is 18.4 Å². The first-order valence-electron chi connectivity index (χ1n) is 13.8. The van der Waals surface area contributed by atoms with Gasteiger partial charge in [0.15, 0.2) is 18.7 Å². The van der Waals surface area contributed by atoms with Crippen LogP contribution in [-0.2, 0) is 33.4 Å². The van der Waals surface area contributed by atoms with E-state index >= 15 is 0 Å². The zero-order valence-electron chi connectivity index (χ0n) is 23.2. The number of Topliss-reactive ketones (excluding diaryl/α,β-unsaturated/α-hetero) is 1. The molecule has 3 saturated carbocycles. The summed E-state index contributed by atoms with van der Waals surface area (Å²) < 4.78 is 15.1. The summed E-state index contributed by atoms with van der Waals surface area (Å²) in [5, 5.41) is 25.8. The number of hydrogen-bond donors (Lipinski definition) is 3. The lowest BCUT2D eigenvalue weighted by atomic mass is 9.46. The summed E-state index contributed by atoms with van der Waals surface area (Å²) in [6, 6.07) is 0. The Kier molecular flexibility index (Phi) is 8.52. The van der Waals surface area contributed by atoms with Crippen molar-refractivity contribution >= 4 is 23.4 Å². The Morgan fingerprint density at radius 3 is 2.56 bits per heavy atom. The van der Waals surface area contributed by atoms with Gasteiger partial charge in [0, 0.05) is 37.4 Å². The summed E-state index contributed by atoms with van der Waals surface area (Å²) in [7, 11) is 2.89. The molecule has 3 fully saturated rings. The molecule has 0 unspecified atom stereocenters. The van der Waals surface area contributed by atoms with Gasteiger partial charge in [0.25, 0.3) is 0 Å². The van der Waals surface area contributed by atoms with Gasteiger partial charge < -0.3 is 29.7 Å². The molecular formula is C29H41NO9. The summed E-state index contributed by atoms with van der Waals surface area (Å²) in [6.07, 6.45) is 6.12. The molecule has 0 aromatic carbocycles. The topological polar surface area (TPSA) is 148 Å². The van der Waals surface area contributed by atoms with E-state index in [0.29, 0.717) is 6.42 Å². The highest BCUT2D eigenvalue weighted by Gasteiger charge is 2.68. The first-order valence-corrected chi connectivity index (χ1v) is 13.8. The van der Waals surface area contributed by atoms with E-state index in [1.54, 1.807) is 12.2 Å². The van der Waals surface area contributed by atoms with Gasteiger partial charge in [0.1, 0.15) is 5.60 Å². The van der Waals surface area contributed by atoms with Gasteiger partial charge in [0.2, 0.25) is 11.7 Å². The molecule has 4 aliphatic rings. The Hall–Kier alpha value is -2.40. The van der Waals surface area contributed by atoms with Gasteiger partial charge in [-0.05, 0) is 56.1 Å². The molecule has 0 saturated heterocycles. The van der Waals surface area contributed by atoms with Crippen LogP contribution in [-0.4, -0.2) is 79.0 Å². The fourth-order valence-electron chi connectivity index (χ4n) is 7.89. The van der Waals surface area contributed by atoms with Gasteiger partial charge in [0.05, 0.1) is 19.1 Å². The second kappa shape index (κ2) is 11.2. The fraction of sp³-hybridized carbons (Fsp3) is 0.724. The average Bonchev–Trinajstić information content (AvgIpc) is 3.17. The standard InChI is InChI=1S/C29H41NO9/c1-27-11-9-18(31)13-17(27)5-6-19-20-10-12-29(36,28(20,2)14-21(32)26(19)27)22(33)16-39-24(35)8-7-23(34)30-15-25(37-3)38-4/h9,11,13,19-21,25-26,32,36H,5-8,10,12,14-16H2,1-4H3,(H,30,34)/t19-,20-,21-,26+,27-,28-,29-/m0/s1. The number of ether oxygens (including phenoxy) is 3.